The molecule has 0 radical (unpaired) electrons. The SMILES string of the molecule is CCCN(CCCC(C)CC)c1nccc(C(N)=NC(=S)C2CCCc3sc(N)c(C#N)c32)n1. The number of amidine groups is 1. The summed E-state index contributed by atoms with van der Waals surface area (Å²) in [6.07, 6.45) is 8.97. The van der Waals surface area contributed by atoms with Crippen molar-refractivity contribution in [2.75, 3.05) is 23.7 Å². The molecule has 0 aromatic carbocycles. The lowest BCUT2D eigenvalue weighted by molar-refractivity contribution is 0.491. The molecule has 0 amide bonds. The molecule has 3 rings (SSSR count). The van der Waals surface area contributed by atoms with Crippen LogP contribution in [-0.2, 0) is 6.42 Å². The summed E-state index contributed by atoms with van der Waals surface area (Å²) in [4.78, 5) is 17.6. The summed E-state index contributed by atoms with van der Waals surface area (Å²) in [5.41, 5.74) is 14.5. The number of rotatable bonds is 10. The second-order valence-corrected chi connectivity index (χ2v) is 10.5. The Kier molecular flexibility index (Phi) is 9.36. The van der Waals surface area contributed by atoms with E-state index in [1.807, 2.05) is 0 Å². The standard InChI is InChI=1S/C25H35N7S2/c1-4-13-32(14-7-8-16(3)5-2)25-29-12-11-19(30-25)22(27)31-24(33)17-9-6-10-20-21(17)18(15-26)23(28)34-20/h11-12,16-17H,4-10,13-14,28H2,1-3H3,(H2,27,31,33). The first-order chi connectivity index (χ1) is 16.4. The highest BCUT2D eigenvalue weighted by Gasteiger charge is 2.30. The third-order valence-corrected chi connectivity index (χ3v) is 7.91. The van der Waals surface area contributed by atoms with E-state index in [2.05, 4.69) is 41.7 Å². The molecule has 2 aromatic rings. The van der Waals surface area contributed by atoms with Crippen LogP contribution in [0.25, 0.3) is 0 Å². The molecule has 1 aliphatic rings. The van der Waals surface area contributed by atoms with E-state index in [4.69, 9.17) is 28.7 Å². The fourth-order valence-electron chi connectivity index (χ4n) is 4.35. The van der Waals surface area contributed by atoms with E-state index < -0.39 is 0 Å². The molecular formula is C25H35N7S2. The first-order valence-corrected chi connectivity index (χ1v) is 13.4. The van der Waals surface area contributed by atoms with Gasteiger partial charge in [-0.2, -0.15) is 5.26 Å². The molecule has 0 saturated carbocycles. The molecule has 182 valence electrons. The molecule has 2 heterocycles. The Hall–Kier alpha value is -2.57. The Bertz CT molecular complexity index is 1070. The Balaban J connectivity index is 1.79. The van der Waals surface area contributed by atoms with Crippen LogP contribution < -0.4 is 16.4 Å². The smallest absolute Gasteiger partial charge is 0.225 e. The largest absolute Gasteiger partial charge is 0.389 e. The molecule has 2 unspecified atom stereocenters. The Morgan fingerprint density at radius 3 is 2.91 bits per heavy atom. The number of hydrogen-bond acceptors (Lipinski definition) is 7. The summed E-state index contributed by atoms with van der Waals surface area (Å²) in [6.45, 7) is 8.49. The number of fused-ring (bicyclic) bond motifs is 1. The van der Waals surface area contributed by atoms with Crippen molar-refractivity contribution in [2.45, 2.75) is 71.6 Å². The molecule has 7 nitrogen and oxygen atoms in total. The summed E-state index contributed by atoms with van der Waals surface area (Å²) in [5.74, 6) is 1.54. The van der Waals surface area contributed by atoms with Gasteiger partial charge < -0.3 is 16.4 Å². The number of nitrogen functional groups attached to an aromatic ring is 1. The van der Waals surface area contributed by atoms with Gasteiger partial charge in [0.2, 0.25) is 5.95 Å². The van der Waals surface area contributed by atoms with Gasteiger partial charge in [-0.05, 0) is 56.1 Å². The second kappa shape index (κ2) is 12.2. The molecule has 9 heteroatoms. The Morgan fingerprint density at radius 1 is 1.41 bits per heavy atom. The number of nitrogens with zero attached hydrogens (tertiary/aromatic N) is 5. The van der Waals surface area contributed by atoms with Crippen molar-refractivity contribution in [3.05, 3.63) is 34.0 Å². The van der Waals surface area contributed by atoms with Crippen LogP contribution >= 0.6 is 23.6 Å². The molecule has 0 saturated heterocycles. The van der Waals surface area contributed by atoms with Crippen LogP contribution in [0.4, 0.5) is 10.9 Å². The van der Waals surface area contributed by atoms with Crippen molar-refractivity contribution in [1.82, 2.24) is 9.97 Å². The van der Waals surface area contributed by atoms with Gasteiger partial charge in [0.05, 0.1) is 5.56 Å². The number of thiophene rings is 1. The zero-order chi connectivity index (χ0) is 24.7. The summed E-state index contributed by atoms with van der Waals surface area (Å²) in [6, 6.07) is 4.02. The average Bonchev–Trinajstić information content (AvgIpc) is 3.18. The number of hydrogen-bond donors (Lipinski definition) is 2. The summed E-state index contributed by atoms with van der Waals surface area (Å²) in [5, 5.41) is 10.2. The van der Waals surface area contributed by atoms with Gasteiger partial charge in [-0.25, -0.2) is 15.0 Å². The van der Waals surface area contributed by atoms with E-state index in [0.717, 1.165) is 61.6 Å². The third-order valence-electron chi connectivity index (χ3n) is 6.44. The molecule has 2 aromatic heterocycles. The minimum atomic E-state index is -0.126. The van der Waals surface area contributed by atoms with Gasteiger partial charge in [0.1, 0.15) is 21.8 Å². The Labute approximate surface area is 212 Å². The van der Waals surface area contributed by atoms with E-state index in [1.54, 1.807) is 12.3 Å². The van der Waals surface area contributed by atoms with Gasteiger partial charge in [0.25, 0.3) is 0 Å². The van der Waals surface area contributed by atoms with Crippen LogP contribution in [0.1, 0.15) is 86.9 Å². The topological polar surface area (TPSA) is 117 Å². The molecular weight excluding hydrogens is 462 g/mol. The number of nitriles is 1. The highest BCUT2D eigenvalue weighted by molar-refractivity contribution is 7.80. The summed E-state index contributed by atoms with van der Waals surface area (Å²) < 4.78 is 0. The maximum absolute atomic E-state index is 9.61. The van der Waals surface area contributed by atoms with E-state index >= 15 is 0 Å². The Morgan fingerprint density at radius 2 is 2.21 bits per heavy atom. The molecule has 4 N–H and O–H groups in total. The number of aromatic nitrogens is 2. The predicted octanol–water partition coefficient (Wildman–Crippen LogP) is 5.19. The minimum absolute atomic E-state index is 0.126. The molecule has 2 atom stereocenters. The fourth-order valence-corrected chi connectivity index (χ4v) is 5.81. The maximum Gasteiger partial charge on any atom is 0.225 e. The number of anilines is 2. The minimum Gasteiger partial charge on any atom is -0.389 e. The third kappa shape index (κ3) is 6.10. The van der Waals surface area contributed by atoms with Gasteiger partial charge in [-0.15, -0.1) is 11.3 Å². The number of aryl methyl sites for hydroxylation is 1. The predicted molar refractivity (Wildman–Crippen MR) is 146 cm³/mol. The molecule has 0 bridgehead atoms. The fraction of sp³-hybridized carbons (Fsp3) is 0.560. The van der Waals surface area contributed by atoms with E-state index in [-0.39, 0.29) is 11.8 Å². The van der Waals surface area contributed by atoms with Crippen molar-refractivity contribution in [2.24, 2.45) is 16.6 Å². The van der Waals surface area contributed by atoms with Gasteiger partial charge in [-0.3, -0.25) is 0 Å². The zero-order valence-electron chi connectivity index (χ0n) is 20.4. The highest BCUT2D eigenvalue weighted by atomic mass is 32.1. The van der Waals surface area contributed by atoms with E-state index in [1.165, 1.54) is 24.2 Å². The van der Waals surface area contributed by atoms with Gasteiger partial charge in [-0.1, -0.05) is 39.4 Å². The molecule has 0 fully saturated rings. The first kappa shape index (κ1) is 26.0. The van der Waals surface area contributed by atoms with Crippen LogP contribution in [0.3, 0.4) is 0 Å². The lowest BCUT2D eigenvalue weighted by Crippen LogP contribution is -2.29. The van der Waals surface area contributed by atoms with Crippen LogP contribution in [-0.4, -0.2) is 33.9 Å². The zero-order valence-corrected chi connectivity index (χ0v) is 22.0. The lowest BCUT2D eigenvalue weighted by atomic mass is 9.85. The maximum atomic E-state index is 9.61. The number of thiocarbonyl (C=S) groups is 1. The van der Waals surface area contributed by atoms with Crippen LogP contribution in [0, 0.1) is 17.2 Å². The van der Waals surface area contributed by atoms with Crippen molar-refractivity contribution in [1.29, 1.82) is 5.26 Å². The molecule has 0 spiro atoms. The van der Waals surface area contributed by atoms with Crippen LogP contribution in [0.2, 0.25) is 0 Å². The van der Waals surface area contributed by atoms with Crippen molar-refractivity contribution in [3.63, 3.8) is 0 Å². The van der Waals surface area contributed by atoms with Crippen LogP contribution in [0.15, 0.2) is 17.3 Å². The summed E-state index contributed by atoms with van der Waals surface area (Å²) >= 11 is 7.18. The quantitative estimate of drug-likeness (QED) is 0.263. The van der Waals surface area contributed by atoms with Crippen LogP contribution in [0.5, 0.6) is 0 Å². The van der Waals surface area contributed by atoms with Crippen molar-refractivity contribution in [3.8, 4) is 6.07 Å². The number of aliphatic imine (C=N–C) groups is 1. The van der Waals surface area contributed by atoms with Gasteiger partial charge >= 0.3 is 0 Å². The average molecular weight is 498 g/mol. The highest BCUT2D eigenvalue weighted by Crippen LogP contribution is 2.42. The number of nitrogens with two attached hydrogens (primary N) is 2. The normalized spacial score (nSPS) is 16.5. The molecule has 0 aliphatic heterocycles. The molecule has 34 heavy (non-hydrogen) atoms. The van der Waals surface area contributed by atoms with Crippen molar-refractivity contribution >= 4 is 45.3 Å². The monoisotopic (exact) mass is 497 g/mol. The second-order valence-electron chi connectivity index (χ2n) is 8.95. The van der Waals surface area contributed by atoms with Gasteiger partial charge in [0, 0.05) is 30.1 Å². The summed E-state index contributed by atoms with van der Waals surface area (Å²) in [7, 11) is 0. The van der Waals surface area contributed by atoms with E-state index in [9.17, 15) is 5.26 Å². The van der Waals surface area contributed by atoms with Crippen molar-refractivity contribution < 1.29 is 0 Å². The van der Waals surface area contributed by atoms with E-state index in [0.29, 0.717) is 27.2 Å². The lowest BCUT2D eigenvalue weighted by Gasteiger charge is -2.23. The van der Waals surface area contributed by atoms with Gasteiger partial charge in [0.15, 0.2) is 5.84 Å². The molecule has 1 aliphatic carbocycles. The first-order valence-electron chi connectivity index (χ1n) is 12.2.